The van der Waals surface area contributed by atoms with E-state index in [4.69, 9.17) is 5.73 Å². The Morgan fingerprint density at radius 1 is 1.41 bits per heavy atom. The monoisotopic (exact) mass is 232 g/mol. The molecule has 3 heteroatoms. The number of nitrogens with one attached hydrogen (secondary N) is 1. The third-order valence-electron chi connectivity index (χ3n) is 3.44. The van der Waals surface area contributed by atoms with Crippen LogP contribution in [-0.2, 0) is 10.2 Å². The Morgan fingerprint density at radius 2 is 2.00 bits per heavy atom. The summed E-state index contributed by atoms with van der Waals surface area (Å²) in [5.74, 6) is 0.142. The number of carbonyl (C=O) groups excluding carboxylic acids is 1. The summed E-state index contributed by atoms with van der Waals surface area (Å²) in [6, 6.07) is 10.3. The van der Waals surface area contributed by atoms with E-state index in [1.807, 2.05) is 18.2 Å². The highest BCUT2D eigenvalue weighted by molar-refractivity contribution is 5.82. The normalized spacial score (nSPS) is 23.2. The largest absolute Gasteiger partial charge is 0.355 e. The smallest absolute Gasteiger partial charge is 0.224 e. The van der Waals surface area contributed by atoms with Crippen molar-refractivity contribution in [3.63, 3.8) is 0 Å². The molecule has 0 aromatic heterocycles. The molecule has 92 valence electrons. The Bertz CT molecular complexity index is 400. The molecule has 0 saturated heterocycles. The first-order valence-corrected chi connectivity index (χ1v) is 6.09. The van der Waals surface area contributed by atoms with E-state index in [1.54, 1.807) is 0 Å². The molecular formula is C14H20N2O. The molecule has 1 aliphatic carbocycles. The van der Waals surface area contributed by atoms with Gasteiger partial charge in [-0.15, -0.1) is 0 Å². The number of carbonyl (C=O) groups is 1. The maximum atomic E-state index is 11.7. The lowest BCUT2D eigenvalue weighted by atomic mass is 9.84. The number of benzene rings is 1. The molecule has 17 heavy (non-hydrogen) atoms. The van der Waals surface area contributed by atoms with Crippen LogP contribution in [0.5, 0.6) is 0 Å². The van der Waals surface area contributed by atoms with Gasteiger partial charge >= 0.3 is 0 Å². The van der Waals surface area contributed by atoms with E-state index in [1.165, 1.54) is 5.56 Å². The summed E-state index contributed by atoms with van der Waals surface area (Å²) >= 11 is 0. The van der Waals surface area contributed by atoms with Crippen LogP contribution in [0.3, 0.4) is 0 Å². The van der Waals surface area contributed by atoms with Crippen LogP contribution in [0.25, 0.3) is 0 Å². The maximum Gasteiger partial charge on any atom is 0.224 e. The quantitative estimate of drug-likeness (QED) is 0.825. The van der Waals surface area contributed by atoms with Crippen molar-refractivity contribution in [2.45, 2.75) is 31.7 Å². The summed E-state index contributed by atoms with van der Waals surface area (Å²) in [5.41, 5.74) is 6.85. The first kappa shape index (κ1) is 12.1. The van der Waals surface area contributed by atoms with Crippen molar-refractivity contribution in [3.8, 4) is 0 Å². The van der Waals surface area contributed by atoms with Crippen LogP contribution in [-0.4, -0.2) is 18.5 Å². The molecule has 3 N–H and O–H groups in total. The van der Waals surface area contributed by atoms with Crippen molar-refractivity contribution in [1.29, 1.82) is 0 Å². The lowest BCUT2D eigenvalue weighted by Crippen LogP contribution is -2.38. The predicted molar refractivity (Wildman–Crippen MR) is 68.6 cm³/mol. The molecule has 0 heterocycles. The molecule has 2 rings (SSSR count). The molecular weight excluding hydrogens is 212 g/mol. The predicted octanol–water partition coefficient (Wildman–Crippen LogP) is 1.43. The van der Waals surface area contributed by atoms with Gasteiger partial charge in [-0.1, -0.05) is 44.2 Å². The summed E-state index contributed by atoms with van der Waals surface area (Å²) in [4.78, 5) is 11.7. The minimum absolute atomic E-state index is 0.0431. The van der Waals surface area contributed by atoms with E-state index >= 15 is 0 Å². The number of hydrogen-bond acceptors (Lipinski definition) is 2. The minimum atomic E-state index is -0.0457. The number of hydrogen-bond donors (Lipinski definition) is 2. The van der Waals surface area contributed by atoms with Gasteiger partial charge in [0.15, 0.2) is 0 Å². The van der Waals surface area contributed by atoms with Crippen molar-refractivity contribution in [2.75, 3.05) is 6.54 Å². The highest BCUT2D eigenvalue weighted by atomic mass is 16.2. The van der Waals surface area contributed by atoms with E-state index in [2.05, 4.69) is 31.3 Å². The van der Waals surface area contributed by atoms with Crippen molar-refractivity contribution < 1.29 is 4.79 Å². The van der Waals surface area contributed by atoms with Crippen molar-refractivity contribution in [1.82, 2.24) is 5.32 Å². The standard InChI is InChI=1S/C14H20N2O/c1-14(2,10-6-4-3-5-7-10)9-16-13(17)11-8-12(11)15/h3-7,11-12H,8-9,15H2,1-2H3,(H,16,17). The molecule has 1 aliphatic rings. The van der Waals surface area contributed by atoms with Gasteiger partial charge in [0.25, 0.3) is 0 Å². The summed E-state index contributed by atoms with van der Waals surface area (Å²) in [7, 11) is 0. The molecule has 3 nitrogen and oxygen atoms in total. The van der Waals surface area contributed by atoms with Crippen LogP contribution in [0, 0.1) is 5.92 Å². The molecule has 2 atom stereocenters. The third-order valence-corrected chi connectivity index (χ3v) is 3.44. The van der Waals surface area contributed by atoms with E-state index in [-0.39, 0.29) is 23.3 Å². The van der Waals surface area contributed by atoms with Gasteiger partial charge in [-0.05, 0) is 12.0 Å². The van der Waals surface area contributed by atoms with Crippen LogP contribution < -0.4 is 11.1 Å². The van der Waals surface area contributed by atoms with Gasteiger partial charge in [0.1, 0.15) is 0 Å². The van der Waals surface area contributed by atoms with Crippen molar-refractivity contribution >= 4 is 5.91 Å². The second-order valence-corrected chi connectivity index (χ2v) is 5.47. The fraction of sp³-hybridized carbons (Fsp3) is 0.500. The molecule has 2 unspecified atom stereocenters. The van der Waals surface area contributed by atoms with Crippen LogP contribution >= 0.6 is 0 Å². The van der Waals surface area contributed by atoms with Gasteiger partial charge in [0.05, 0.1) is 5.92 Å². The number of amides is 1. The van der Waals surface area contributed by atoms with Gasteiger partial charge in [0.2, 0.25) is 5.91 Å². The Hall–Kier alpha value is -1.35. The molecule has 0 bridgehead atoms. The van der Waals surface area contributed by atoms with Crippen LogP contribution in [0.2, 0.25) is 0 Å². The second-order valence-electron chi connectivity index (χ2n) is 5.47. The van der Waals surface area contributed by atoms with Crippen LogP contribution in [0.4, 0.5) is 0 Å². The van der Waals surface area contributed by atoms with E-state index in [0.29, 0.717) is 6.54 Å². The second kappa shape index (κ2) is 4.49. The van der Waals surface area contributed by atoms with Crippen LogP contribution in [0.1, 0.15) is 25.8 Å². The highest BCUT2D eigenvalue weighted by Gasteiger charge is 2.40. The van der Waals surface area contributed by atoms with Gasteiger partial charge in [-0.25, -0.2) is 0 Å². The van der Waals surface area contributed by atoms with Gasteiger partial charge in [-0.3, -0.25) is 4.79 Å². The van der Waals surface area contributed by atoms with Gasteiger partial charge in [0, 0.05) is 18.0 Å². The number of rotatable bonds is 4. The zero-order chi connectivity index (χ0) is 12.5. The van der Waals surface area contributed by atoms with Gasteiger partial charge < -0.3 is 11.1 Å². The Morgan fingerprint density at radius 3 is 2.53 bits per heavy atom. The fourth-order valence-corrected chi connectivity index (χ4v) is 1.95. The maximum absolute atomic E-state index is 11.7. The van der Waals surface area contributed by atoms with E-state index in [0.717, 1.165) is 6.42 Å². The Kier molecular flexibility index (Phi) is 3.20. The summed E-state index contributed by atoms with van der Waals surface area (Å²) < 4.78 is 0. The lowest BCUT2D eigenvalue weighted by molar-refractivity contribution is -0.122. The lowest BCUT2D eigenvalue weighted by Gasteiger charge is -2.25. The van der Waals surface area contributed by atoms with Crippen molar-refractivity contribution in [3.05, 3.63) is 35.9 Å². The average Bonchev–Trinajstić information content (AvgIpc) is 3.05. The van der Waals surface area contributed by atoms with E-state index in [9.17, 15) is 4.79 Å². The summed E-state index contributed by atoms with van der Waals surface area (Å²) in [5, 5.41) is 2.99. The topological polar surface area (TPSA) is 55.1 Å². The van der Waals surface area contributed by atoms with E-state index < -0.39 is 0 Å². The SMILES string of the molecule is CC(C)(CNC(=O)C1CC1N)c1ccccc1. The molecule has 1 aromatic rings. The molecule has 1 amide bonds. The van der Waals surface area contributed by atoms with Gasteiger partial charge in [-0.2, -0.15) is 0 Å². The van der Waals surface area contributed by atoms with Crippen molar-refractivity contribution in [2.24, 2.45) is 11.7 Å². The third kappa shape index (κ3) is 2.86. The molecule has 0 spiro atoms. The molecule has 1 aromatic carbocycles. The zero-order valence-electron chi connectivity index (χ0n) is 10.4. The molecule has 0 radical (unpaired) electrons. The summed E-state index contributed by atoms with van der Waals surface area (Å²) in [6.07, 6.45) is 0.831. The first-order chi connectivity index (χ1) is 8.00. The molecule has 1 fully saturated rings. The zero-order valence-corrected chi connectivity index (χ0v) is 10.4. The Labute approximate surface area is 102 Å². The first-order valence-electron chi connectivity index (χ1n) is 6.09. The Balaban J connectivity index is 1.91. The minimum Gasteiger partial charge on any atom is -0.355 e. The molecule has 1 saturated carbocycles. The van der Waals surface area contributed by atoms with Crippen LogP contribution in [0.15, 0.2) is 30.3 Å². The number of nitrogens with two attached hydrogens (primary N) is 1. The fourth-order valence-electron chi connectivity index (χ4n) is 1.95. The summed E-state index contributed by atoms with van der Waals surface area (Å²) in [6.45, 7) is 4.92. The highest BCUT2D eigenvalue weighted by Crippen LogP contribution is 2.28. The average molecular weight is 232 g/mol. The molecule has 0 aliphatic heterocycles.